The summed E-state index contributed by atoms with van der Waals surface area (Å²) in [6.45, 7) is 5.30. The fourth-order valence-corrected chi connectivity index (χ4v) is 1.62. The molecule has 0 N–H and O–H groups in total. The molecule has 12 heavy (non-hydrogen) atoms. The molecular formula is C9H18N2O. The zero-order chi connectivity index (χ0) is 8.97. The van der Waals surface area contributed by atoms with Gasteiger partial charge in [0.25, 0.3) is 0 Å². The number of carbonyl (C=O) groups excluding carboxylic acids is 1. The van der Waals surface area contributed by atoms with Crippen molar-refractivity contribution in [3.05, 3.63) is 0 Å². The van der Waals surface area contributed by atoms with E-state index in [1.165, 1.54) is 12.8 Å². The molecule has 1 aliphatic heterocycles. The second-order valence-corrected chi connectivity index (χ2v) is 3.42. The normalized spacial score (nSPS) is 26.3. The number of hydrogen-bond acceptors (Lipinski definition) is 3. The molecule has 1 fully saturated rings. The Hall–Kier alpha value is -0.410. The van der Waals surface area contributed by atoms with Crippen molar-refractivity contribution in [3.8, 4) is 0 Å². The second kappa shape index (κ2) is 4.58. The molecule has 0 aromatic heterocycles. The summed E-state index contributed by atoms with van der Waals surface area (Å²) in [5.74, 6) is 0. The van der Waals surface area contributed by atoms with Crippen molar-refractivity contribution >= 4 is 6.29 Å². The standard InChI is InChI=1S/C9H18N2O/c1-3-4-5-11-7-6-10(2)9(11)8-12/h8-9H,3-7H2,1-2H3. The average molecular weight is 170 g/mol. The lowest BCUT2D eigenvalue weighted by Gasteiger charge is -2.22. The van der Waals surface area contributed by atoms with Crippen LogP contribution in [0.3, 0.4) is 0 Å². The van der Waals surface area contributed by atoms with Crippen molar-refractivity contribution in [1.29, 1.82) is 0 Å². The maximum Gasteiger partial charge on any atom is 0.151 e. The van der Waals surface area contributed by atoms with E-state index in [4.69, 9.17) is 0 Å². The van der Waals surface area contributed by atoms with Gasteiger partial charge in [0.15, 0.2) is 6.29 Å². The van der Waals surface area contributed by atoms with E-state index in [1.54, 1.807) is 0 Å². The summed E-state index contributed by atoms with van der Waals surface area (Å²) in [6, 6.07) is 0. The highest BCUT2D eigenvalue weighted by molar-refractivity contribution is 5.57. The van der Waals surface area contributed by atoms with E-state index in [9.17, 15) is 4.79 Å². The van der Waals surface area contributed by atoms with Crippen molar-refractivity contribution in [2.24, 2.45) is 0 Å². The van der Waals surface area contributed by atoms with E-state index in [0.29, 0.717) is 0 Å². The molecule has 3 heteroatoms. The molecule has 0 saturated carbocycles. The smallest absolute Gasteiger partial charge is 0.151 e. The quantitative estimate of drug-likeness (QED) is 0.576. The van der Waals surface area contributed by atoms with Crippen LogP contribution in [0.25, 0.3) is 0 Å². The van der Waals surface area contributed by atoms with Crippen molar-refractivity contribution in [2.75, 3.05) is 26.7 Å². The summed E-state index contributed by atoms with van der Waals surface area (Å²) in [5.41, 5.74) is 0. The predicted molar refractivity (Wildman–Crippen MR) is 49.0 cm³/mol. The first-order valence-electron chi connectivity index (χ1n) is 4.69. The lowest BCUT2D eigenvalue weighted by molar-refractivity contribution is -0.114. The second-order valence-electron chi connectivity index (χ2n) is 3.42. The number of rotatable bonds is 4. The van der Waals surface area contributed by atoms with Gasteiger partial charge >= 0.3 is 0 Å². The zero-order valence-electron chi connectivity index (χ0n) is 7.99. The largest absolute Gasteiger partial charge is 0.300 e. The number of carbonyl (C=O) groups is 1. The third-order valence-electron chi connectivity index (χ3n) is 2.49. The van der Waals surface area contributed by atoms with Gasteiger partial charge in [-0.2, -0.15) is 0 Å². The van der Waals surface area contributed by atoms with Crippen LogP contribution in [0.4, 0.5) is 0 Å². The van der Waals surface area contributed by atoms with Crippen LogP contribution in [0.2, 0.25) is 0 Å². The van der Waals surface area contributed by atoms with Crippen LogP contribution in [-0.4, -0.2) is 48.9 Å². The number of hydrogen-bond donors (Lipinski definition) is 0. The predicted octanol–water partition coefficient (Wildman–Crippen LogP) is 0.559. The maximum absolute atomic E-state index is 10.7. The number of likely N-dealkylation sites (N-methyl/N-ethyl adjacent to an activating group) is 1. The maximum atomic E-state index is 10.7. The van der Waals surface area contributed by atoms with Gasteiger partial charge in [0.05, 0.1) is 0 Å². The summed E-state index contributed by atoms with van der Waals surface area (Å²) in [4.78, 5) is 15.1. The van der Waals surface area contributed by atoms with Gasteiger partial charge in [-0.25, -0.2) is 0 Å². The fraction of sp³-hybridized carbons (Fsp3) is 0.889. The fourth-order valence-electron chi connectivity index (χ4n) is 1.62. The summed E-state index contributed by atoms with van der Waals surface area (Å²) in [5, 5.41) is 0. The van der Waals surface area contributed by atoms with E-state index in [2.05, 4.69) is 16.7 Å². The van der Waals surface area contributed by atoms with Crippen LogP contribution in [0.5, 0.6) is 0 Å². The molecule has 0 aliphatic carbocycles. The molecule has 0 spiro atoms. The van der Waals surface area contributed by atoms with Crippen LogP contribution in [0, 0.1) is 0 Å². The van der Waals surface area contributed by atoms with Gasteiger partial charge in [-0.1, -0.05) is 13.3 Å². The highest BCUT2D eigenvalue weighted by Gasteiger charge is 2.27. The van der Waals surface area contributed by atoms with Crippen LogP contribution in [0.15, 0.2) is 0 Å². The monoisotopic (exact) mass is 170 g/mol. The van der Waals surface area contributed by atoms with E-state index in [-0.39, 0.29) is 6.17 Å². The molecule has 1 unspecified atom stereocenters. The highest BCUT2D eigenvalue weighted by Crippen LogP contribution is 2.10. The molecule has 1 saturated heterocycles. The number of unbranched alkanes of at least 4 members (excludes halogenated alkanes) is 1. The molecule has 0 aromatic rings. The van der Waals surface area contributed by atoms with Gasteiger partial charge in [-0.15, -0.1) is 0 Å². The summed E-state index contributed by atoms with van der Waals surface area (Å²) >= 11 is 0. The van der Waals surface area contributed by atoms with Crippen LogP contribution in [-0.2, 0) is 4.79 Å². The molecule has 70 valence electrons. The zero-order valence-corrected chi connectivity index (χ0v) is 7.99. The Morgan fingerprint density at radius 3 is 2.83 bits per heavy atom. The third-order valence-corrected chi connectivity index (χ3v) is 2.49. The lowest BCUT2D eigenvalue weighted by Crippen LogP contribution is -2.38. The van der Waals surface area contributed by atoms with Crippen LogP contribution >= 0.6 is 0 Å². The van der Waals surface area contributed by atoms with Crippen LogP contribution < -0.4 is 0 Å². The first-order valence-corrected chi connectivity index (χ1v) is 4.69. The molecule has 1 atom stereocenters. The van der Waals surface area contributed by atoms with Crippen molar-refractivity contribution < 1.29 is 4.79 Å². The number of nitrogens with zero attached hydrogens (tertiary/aromatic N) is 2. The Morgan fingerprint density at radius 2 is 2.25 bits per heavy atom. The van der Waals surface area contributed by atoms with Gasteiger partial charge in [-0.3, -0.25) is 9.80 Å². The van der Waals surface area contributed by atoms with Crippen molar-refractivity contribution in [1.82, 2.24) is 9.80 Å². The SMILES string of the molecule is CCCCN1CCN(C)C1C=O. The van der Waals surface area contributed by atoms with E-state index >= 15 is 0 Å². The third kappa shape index (κ3) is 2.05. The number of aldehydes is 1. The van der Waals surface area contributed by atoms with E-state index in [0.717, 1.165) is 25.9 Å². The Labute approximate surface area is 74.3 Å². The molecule has 0 bridgehead atoms. The summed E-state index contributed by atoms with van der Waals surface area (Å²) < 4.78 is 0. The molecule has 0 aromatic carbocycles. The van der Waals surface area contributed by atoms with Gasteiger partial charge < -0.3 is 4.79 Å². The lowest BCUT2D eigenvalue weighted by atomic mass is 10.3. The average Bonchev–Trinajstić information content (AvgIpc) is 2.43. The Bertz CT molecular complexity index is 149. The van der Waals surface area contributed by atoms with E-state index < -0.39 is 0 Å². The first-order chi connectivity index (χ1) is 5.79. The molecular weight excluding hydrogens is 152 g/mol. The molecule has 1 aliphatic rings. The van der Waals surface area contributed by atoms with Crippen molar-refractivity contribution in [2.45, 2.75) is 25.9 Å². The van der Waals surface area contributed by atoms with Crippen LogP contribution in [0.1, 0.15) is 19.8 Å². The summed E-state index contributed by atoms with van der Waals surface area (Å²) in [6.07, 6.45) is 3.48. The van der Waals surface area contributed by atoms with Gasteiger partial charge in [0.2, 0.25) is 0 Å². The minimum absolute atomic E-state index is 0.0385. The van der Waals surface area contributed by atoms with Gasteiger partial charge in [0.1, 0.15) is 6.17 Å². The molecule has 0 radical (unpaired) electrons. The Kier molecular flexibility index (Phi) is 3.69. The van der Waals surface area contributed by atoms with Gasteiger partial charge in [-0.05, 0) is 13.5 Å². The minimum atomic E-state index is 0.0385. The minimum Gasteiger partial charge on any atom is -0.300 e. The summed E-state index contributed by atoms with van der Waals surface area (Å²) in [7, 11) is 2.00. The molecule has 3 nitrogen and oxygen atoms in total. The molecule has 1 heterocycles. The van der Waals surface area contributed by atoms with Gasteiger partial charge in [0, 0.05) is 19.6 Å². The first kappa shape index (κ1) is 9.68. The van der Waals surface area contributed by atoms with E-state index in [1.807, 2.05) is 7.05 Å². The topological polar surface area (TPSA) is 23.6 Å². The Balaban J connectivity index is 2.37. The molecule has 0 amide bonds. The molecule has 1 rings (SSSR count). The highest BCUT2D eigenvalue weighted by atomic mass is 16.1. The van der Waals surface area contributed by atoms with Crippen molar-refractivity contribution in [3.63, 3.8) is 0 Å². The Morgan fingerprint density at radius 1 is 1.50 bits per heavy atom.